The molecule has 4 heterocycles. The second-order valence-corrected chi connectivity index (χ2v) is 5.78. The number of allylic oxidation sites excluding steroid dienone is 2. The van der Waals surface area contributed by atoms with Crippen molar-refractivity contribution < 1.29 is 22.4 Å². The van der Waals surface area contributed by atoms with E-state index in [2.05, 4.69) is 20.5 Å². The summed E-state index contributed by atoms with van der Waals surface area (Å²) in [5.74, 6) is -1.22. The van der Waals surface area contributed by atoms with Gasteiger partial charge < -0.3 is 9.73 Å². The van der Waals surface area contributed by atoms with Crippen molar-refractivity contribution in [3.63, 3.8) is 0 Å². The SMILES string of the molecule is CCn1cc([C@@H]2C(C(=O)c3ccco3)=C(C(F)(F)F)Nc3ncnn32)cn1. The first-order valence-electron chi connectivity index (χ1n) is 7.98. The fourth-order valence-corrected chi connectivity index (χ4v) is 2.97. The van der Waals surface area contributed by atoms with Crippen molar-refractivity contribution >= 4 is 11.7 Å². The highest BCUT2D eigenvalue weighted by molar-refractivity contribution is 6.09. The number of furan rings is 1. The summed E-state index contributed by atoms with van der Waals surface area (Å²) in [6.07, 6.45) is 0.517. The van der Waals surface area contributed by atoms with E-state index in [-0.39, 0.29) is 11.7 Å². The number of rotatable bonds is 4. The Morgan fingerprint density at radius 1 is 1.37 bits per heavy atom. The molecule has 0 saturated heterocycles. The van der Waals surface area contributed by atoms with E-state index in [1.165, 1.54) is 29.3 Å². The molecule has 0 fully saturated rings. The molecule has 3 aromatic rings. The lowest BCUT2D eigenvalue weighted by Gasteiger charge is -2.29. The second kappa shape index (κ2) is 6.11. The quantitative estimate of drug-likeness (QED) is 0.702. The van der Waals surface area contributed by atoms with Gasteiger partial charge in [0.25, 0.3) is 0 Å². The van der Waals surface area contributed by atoms with Crippen LogP contribution in [-0.4, -0.2) is 36.5 Å². The first kappa shape index (κ1) is 17.1. The lowest BCUT2D eigenvalue weighted by molar-refractivity contribution is -0.0918. The van der Waals surface area contributed by atoms with Crippen LogP contribution in [0.2, 0.25) is 0 Å². The van der Waals surface area contributed by atoms with Crippen molar-refractivity contribution in [2.75, 3.05) is 5.32 Å². The Kier molecular flexibility index (Phi) is 3.86. The number of aromatic nitrogens is 5. The molecule has 0 amide bonds. The van der Waals surface area contributed by atoms with Crippen LogP contribution in [-0.2, 0) is 6.54 Å². The summed E-state index contributed by atoms with van der Waals surface area (Å²) in [6, 6.07) is 1.59. The zero-order valence-electron chi connectivity index (χ0n) is 13.9. The number of ketones is 1. The predicted octanol–water partition coefficient (Wildman–Crippen LogP) is 2.80. The molecule has 140 valence electrons. The Bertz CT molecular complexity index is 1020. The van der Waals surface area contributed by atoms with Gasteiger partial charge in [-0.15, -0.1) is 0 Å². The number of hydrogen-bond donors (Lipinski definition) is 1. The van der Waals surface area contributed by atoms with Crippen LogP contribution in [0.15, 0.2) is 52.8 Å². The van der Waals surface area contributed by atoms with Crippen molar-refractivity contribution in [1.29, 1.82) is 0 Å². The molecule has 0 aromatic carbocycles. The number of carbonyl (C=O) groups excluding carboxylic acids is 1. The van der Waals surface area contributed by atoms with Gasteiger partial charge in [0, 0.05) is 18.3 Å². The number of halogens is 3. The highest BCUT2D eigenvalue weighted by Gasteiger charge is 2.46. The van der Waals surface area contributed by atoms with Crippen molar-refractivity contribution in [2.24, 2.45) is 0 Å². The van der Waals surface area contributed by atoms with Crippen LogP contribution in [0.1, 0.15) is 29.1 Å². The molecule has 1 aliphatic heterocycles. The predicted molar refractivity (Wildman–Crippen MR) is 85.8 cm³/mol. The van der Waals surface area contributed by atoms with Gasteiger partial charge in [-0.3, -0.25) is 9.48 Å². The molecule has 1 N–H and O–H groups in total. The van der Waals surface area contributed by atoms with Gasteiger partial charge in [0.1, 0.15) is 18.1 Å². The molecule has 0 spiro atoms. The van der Waals surface area contributed by atoms with E-state index in [0.717, 1.165) is 6.33 Å². The minimum atomic E-state index is -4.81. The molecule has 0 aliphatic carbocycles. The summed E-state index contributed by atoms with van der Waals surface area (Å²) in [5, 5.41) is 10.3. The zero-order valence-corrected chi connectivity index (χ0v) is 13.9. The van der Waals surface area contributed by atoms with Crippen LogP contribution in [0.5, 0.6) is 0 Å². The maximum Gasteiger partial charge on any atom is 0.431 e. The summed E-state index contributed by atoms with van der Waals surface area (Å²) in [6.45, 7) is 2.36. The Morgan fingerprint density at radius 2 is 2.19 bits per heavy atom. The molecule has 3 aromatic heterocycles. The first-order chi connectivity index (χ1) is 12.9. The molecule has 0 unspecified atom stereocenters. The molecular formula is C16H13F3N6O2. The van der Waals surface area contributed by atoms with Crippen LogP contribution in [0, 0.1) is 0 Å². The average molecular weight is 378 g/mol. The second-order valence-electron chi connectivity index (χ2n) is 5.78. The fraction of sp³-hybridized carbons (Fsp3) is 0.250. The number of aryl methyl sites for hydroxylation is 1. The number of fused-ring (bicyclic) bond motifs is 1. The first-order valence-corrected chi connectivity index (χ1v) is 7.98. The van der Waals surface area contributed by atoms with Gasteiger partial charge >= 0.3 is 6.18 Å². The number of Topliss-reactive ketones (excluding diaryl/α,β-unsaturated/α-hetero) is 1. The van der Waals surface area contributed by atoms with Crippen LogP contribution in [0.25, 0.3) is 0 Å². The van der Waals surface area contributed by atoms with Gasteiger partial charge in [-0.1, -0.05) is 0 Å². The smallest absolute Gasteiger partial charge is 0.431 e. The van der Waals surface area contributed by atoms with E-state index < -0.39 is 29.3 Å². The number of carbonyl (C=O) groups is 1. The van der Waals surface area contributed by atoms with Gasteiger partial charge in [0.15, 0.2) is 5.76 Å². The number of hydrogen-bond acceptors (Lipinski definition) is 6. The van der Waals surface area contributed by atoms with Crippen LogP contribution < -0.4 is 5.32 Å². The van der Waals surface area contributed by atoms with Gasteiger partial charge in [0.05, 0.1) is 18.0 Å². The Hall–Kier alpha value is -3.37. The molecule has 0 radical (unpaired) electrons. The summed E-state index contributed by atoms with van der Waals surface area (Å²) >= 11 is 0. The minimum Gasteiger partial charge on any atom is -0.461 e. The van der Waals surface area contributed by atoms with Gasteiger partial charge in [-0.25, -0.2) is 4.68 Å². The minimum absolute atomic E-state index is 0.118. The molecule has 1 aliphatic rings. The highest BCUT2D eigenvalue weighted by Crippen LogP contribution is 2.41. The maximum atomic E-state index is 13.8. The standard InChI is InChI=1S/C16H13F3N6O2/c1-2-24-7-9(6-21-24)12-11(13(26)10-4-3-5-27-10)14(16(17,18)19)23-15-20-8-22-25(12)15/h3-8,12H,2H2,1H3,(H,20,22,23)/t12-/m1/s1. The largest absolute Gasteiger partial charge is 0.461 e. The van der Waals surface area contributed by atoms with Crippen molar-refractivity contribution in [1.82, 2.24) is 24.5 Å². The van der Waals surface area contributed by atoms with E-state index in [0.29, 0.717) is 12.1 Å². The summed E-state index contributed by atoms with van der Waals surface area (Å²) < 4.78 is 49.1. The Morgan fingerprint density at radius 3 is 2.81 bits per heavy atom. The Balaban J connectivity index is 1.96. The van der Waals surface area contributed by atoms with Crippen LogP contribution in [0.4, 0.5) is 19.1 Å². The topological polar surface area (TPSA) is 90.8 Å². The molecule has 1 atom stereocenters. The normalized spacial score (nSPS) is 17.0. The molecule has 11 heteroatoms. The molecule has 8 nitrogen and oxygen atoms in total. The van der Waals surface area contributed by atoms with E-state index in [1.54, 1.807) is 10.9 Å². The number of nitrogens with one attached hydrogen (secondary N) is 1. The molecule has 27 heavy (non-hydrogen) atoms. The summed E-state index contributed by atoms with van der Waals surface area (Å²) in [7, 11) is 0. The third kappa shape index (κ3) is 2.80. The molecule has 0 saturated carbocycles. The average Bonchev–Trinajstić information content (AvgIpc) is 3.39. The number of nitrogens with zero attached hydrogens (tertiary/aromatic N) is 5. The molecular weight excluding hydrogens is 365 g/mol. The number of anilines is 1. The van der Waals surface area contributed by atoms with Gasteiger partial charge in [-0.05, 0) is 19.1 Å². The summed E-state index contributed by atoms with van der Waals surface area (Å²) in [4.78, 5) is 16.8. The lowest BCUT2D eigenvalue weighted by Crippen LogP contribution is -2.35. The van der Waals surface area contributed by atoms with E-state index >= 15 is 0 Å². The zero-order chi connectivity index (χ0) is 19.2. The number of alkyl halides is 3. The van der Waals surface area contributed by atoms with E-state index in [9.17, 15) is 18.0 Å². The van der Waals surface area contributed by atoms with Crippen LogP contribution in [0.3, 0.4) is 0 Å². The van der Waals surface area contributed by atoms with E-state index in [1.807, 2.05) is 6.92 Å². The van der Waals surface area contributed by atoms with E-state index in [4.69, 9.17) is 4.42 Å². The third-order valence-corrected chi connectivity index (χ3v) is 4.16. The van der Waals surface area contributed by atoms with Crippen molar-refractivity contribution in [3.8, 4) is 0 Å². The van der Waals surface area contributed by atoms with Crippen molar-refractivity contribution in [2.45, 2.75) is 25.7 Å². The lowest BCUT2D eigenvalue weighted by atomic mass is 9.93. The Labute approximate surface area is 150 Å². The molecule has 0 bridgehead atoms. The third-order valence-electron chi connectivity index (χ3n) is 4.16. The van der Waals surface area contributed by atoms with Crippen LogP contribution >= 0.6 is 0 Å². The fourth-order valence-electron chi connectivity index (χ4n) is 2.97. The summed E-state index contributed by atoms with van der Waals surface area (Å²) in [5.41, 5.74) is -1.36. The van der Waals surface area contributed by atoms with Crippen molar-refractivity contribution in [3.05, 3.63) is 59.7 Å². The van der Waals surface area contributed by atoms with Gasteiger partial charge in [-0.2, -0.15) is 28.4 Å². The maximum absolute atomic E-state index is 13.8. The highest BCUT2D eigenvalue weighted by atomic mass is 19.4. The monoisotopic (exact) mass is 378 g/mol. The van der Waals surface area contributed by atoms with Gasteiger partial charge in [0.2, 0.25) is 11.7 Å². The molecule has 4 rings (SSSR count).